The van der Waals surface area contributed by atoms with Gasteiger partial charge in [-0.3, -0.25) is 0 Å². The average molecular weight is 375 g/mol. The third-order valence-electron chi connectivity index (χ3n) is 3.31. The van der Waals surface area contributed by atoms with Gasteiger partial charge in [0.25, 0.3) is 0 Å². The highest BCUT2D eigenvalue weighted by molar-refractivity contribution is 14.1. The molecular formula is C16H14IN3. The van der Waals surface area contributed by atoms with Crippen molar-refractivity contribution in [3.63, 3.8) is 0 Å². The molecule has 0 atom stereocenters. The first-order valence-electron chi connectivity index (χ1n) is 6.50. The SMILES string of the molecule is CCc1nc(-c2cccc3ccccc23)nc(N)c1I. The third-order valence-corrected chi connectivity index (χ3v) is 4.49. The predicted octanol–water partition coefficient (Wildman–Crippen LogP) is 4.05. The lowest BCUT2D eigenvalue weighted by Crippen LogP contribution is -2.04. The fraction of sp³-hybridized carbons (Fsp3) is 0.125. The summed E-state index contributed by atoms with van der Waals surface area (Å²) in [5, 5.41) is 2.33. The number of nitrogens with two attached hydrogens (primary N) is 1. The van der Waals surface area contributed by atoms with Gasteiger partial charge in [-0.15, -0.1) is 0 Å². The van der Waals surface area contributed by atoms with E-state index in [1.54, 1.807) is 0 Å². The fourth-order valence-electron chi connectivity index (χ4n) is 2.29. The molecule has 0 spiro atoms. The molecule has 1 aromatic heterocycles. The monoisotopic (exact) mass is 375 g/mol. The van der Waals surface area contributed by atoms with Gasteiger partial charge in [0.1, 0.15) is 5.82 Å². The Morgan fingerprint density at radius 2 is 1.80 bits per heavy atom. The number of fused-ring (bicyclic) bond motifs is 1. The Kier molecular flexibility index (Phi) is 3.56. The van der Waals surface area contributed by atoms with Gasteiger partial charge in [-0.25, -0.2) is 9.97 Å². The molecule has 0 radical (unpaired) electrons. The van der Waals surface area contributed by atoms with Crippen LogP contribution in [-0.4, -0.2) is 9.97 Å². The van der Waals surface area contributed by atoms with Gasteiger partial charge < -0.3 is 5.73 Å². The van der Waals surface area contributed by atoms with Crippen LogP contribution in [-0.2, 0) is 6.42 Å². The highest BCUT2D eigenvalue weighted by Crippen LogP contribution is 2.28. The Morgan fingerprint density at radius 1 is 1.05 bits per heavy atom. The van der Waals surface area contributed by atoms with Crippen LogP contribution in [0, 0.1) is 3.57 Å². The van der Waals surface area contributed by atoms with Crippen LogP contribution in [0.3, 0.4) is 0 Å². The summed E-state index contributed by atoms with van der Waals surface area (Å²) in [5.41, 5.74) is 8.05. The van der Waals surface area contributed by atoms with E-state index in [9.17, 15) is 0 Å². The first-order chi connectivity index (χ1) is 9.70. The normalized spacial score (nSPS) is 10.9. The third kappa shape index (κ3) is 2.24. The second-order valence-corrected chi connectivity index (χ2v) is 5.65. The molecule has 0 amide bonds. The number of aryl methyl sites for hydroxylation is 1. The van der Waals surface area contributed by atoms with Crippen molar-refractivity contribution in [1.29, 1.82) is 0 Å². The standard InChI is InChI=1S/C16H14IN3/c1-2-13-14(17)15(18)20-16(19-13)12-9-5-7-10-6-3-4-8-11(10)12/h3-9H,2H2,1H3,(H2,18,19,20). The molecule has 3 aromatic rings. The number of rotatable bonds is 2. The van der Waals surface area contributed by atoms with Gasteiger partial charge in [-0.05, 0) is 39.8 Å². The lowest BCUT2D eigenvalue weighted by atomic mass is 10.0. The smallest absolute Gasteiger partial charge is 0.162 e. The topological polar surface area (TPSA) is 51.8 Å². The second kappa shape index (κ2) is 5.36. The minimum atomic E-state index is 0.556. The number of hydrogen-bond donors (Lipinski definition) is 1. The second-order valence-electron chi connectivity index (χ2n) is 4.57. The summed E-state index contributed by atoms with van der Waals surface area (Å²) in [4.78, 5) is 9.13. The fourth-order valence-corrected chi connectivity index (χ4v) is 2.91. The van der Waals surface area contributed by atoms with Gasteiger partial charge in [0.2, 0.25) is 0 Å². The highest BCUT2D eigenvalue weighted by Gasteiger charge is 2.12. The Balaban J connectivity index is 2.28. The summed E-state index contributed by atoms with van der Waals surface area (Å²) in [7, 11) is 0. The molecule has 0 aliphatic heterocycles. The van der Waals surface area contributed by atoms with Gasteiger partial charge >= 0.3 is 0 Å². The van der Waals surface area contributed by atoms with E-state index in [-0.39, 0.29) is 0 Å². The Morgan fingerprint density at radius 3 is 2.60 bits per heavy atom. The number of benzene rings is 2. The van der Waals surface area contributed by atoms with E-state index in [0.717, 1.165) is 26.6 Å². The number of nitrogen functional groups attached to an aromatic ring is 1. The molecule has 3 rings (SSSR count). The van der Waals surface area contributed by atoms with Crippen molar-refractivity contribution in [3.8, 4) is 11.4 Å². The zero-order valence-electron chi connectivity index (χ0n) is 11.1. The molecule has 0 aliphatic rings. The van der Waals surface area contributed by atoms with Gasteiger partial charge in [0, 0.05) is 5.56 Å². The lowest BCUT2D eigenvalue weighted by Gasteiger charge is -2.09. The van der Waals surface area contributed by atoms with Crippen LogP contribution in [0.25, 0.3) is 22.2 Å². The van der Waals surface area contributed by atoms with Gasteiger partial charge in [-0.1, -0.05) is 49.4 Å². The number of nitrogens with zero attached hydrogens (tertiary/aromatic N) is 2. The van der Waals surface area contributed by atoms with Gasteiger partial charge in [0.05, 0.1) is 9.26 Å². The molecule has 4 heteroatoms. The Hall–Kier alpha value is -1.69. The van der Waals surface area contributed by atoms with Crippen molar-refractivity contribution in [3.05, 3.63) is 51.7 Å². The van der Waals surface area contributed by atoms with E-state index in [1.165, 1.54) is 5.39 Å². The molecule has 0 saturated heterocycles. The molecule has 0 fully saturated rings. The highest BCUT2D eigenvalue weighted by atomic mass is 127. The van der Waals surface area contributed by atoms with Crippen molar-refractivity contribution in [2.45, 2.75) is 13.3 Å². The van der Waals surface area contributed by atoms with Crippen molar-refractivity contribution in [2.75, 3.05) is 5.73 Å². The molecule has 0 unspecified atom stereocenters. The van der Waals surface area contributed by atoms with Crippen LogP contribution in [0.4, 0.5) is 5.82 Å². The summed E-state index contributed by atoms with van der Waals surface area (Å²) in [6, 6.07) is 14.4. The van der Waals surface area contributed by atoms with E-state index in [4.69, 9.17) is 5.73 Å². The summed E-state index contributed by atoms with van der Waals surface area (Å²) in [6.07, 6.45) is 0.850. The number of aromatic nitrogens is 2. The summed E-state index contributed by atoms with van der Waals surface area (Å²) >= 11 is 2.21. The summed E-state index contributed by atoms with van der Waals surface area (Å²) in [5.74, 6) is 1.26. The Bertz CT molecular complexity index is 779. The first kappa shape index (κ1) is 13.3. The van der Waals surface area contributed by atoms with Crippen LogP contribution < -0.4 is 5.73 Å². The largest absolute Gasteiger partial charge is 0.383 e. The zero-order chi connectivity index (χ0) is 14.1. The van der Waals surface area contributed by atoms with E-state index >= 15 is 0 Å². The van der Waals surface area contributed by atoms with Crippen LogP contribution >= 0.6 is 22.6 Å². The van der Waals surface area contributed by atoms with Crippen molar-refractivity contribution >= 4 is 39.2 Å². The van der Waals surface area contributed by atoms with E-state index < -0.39 is 0 Å². The number of hydrogen-bond acceptors (Lipinski definition) is 3. The molecular weight excluding hydrogens is 361 g/mol. The van der Waals surface area contributed by atoms with Crippen LogP contribution in [0.15, 0.2) is 42.5 Å². The molecule has 100 valence electrons. The molecule has 0 saturated carbocycles. The zero-order valence-corrected chi connectivity index (χ0v) is 13.3. The molecule has 3 nitrogen and oxygen atoms in total. The Labute approximate surface area is 131 Å². The van der Waals surface area contributed by atoms with Crippen molar-refractivity contribution < 1.29 is 0 Å². The number of anilines is 1. The molecule has 0 bridgehead atoms. The maximum Gasteiger partial charge on any atom is 0.162 e. The minimum absolute atomic E-state index is 0.556. The molecule has 0 aliphatic carbocycles. The summed E-state index contributed by atoms with van der Waals surface area (Å²) in [6.45, 7) is 2.08. The maximum atomic E-state index is 6.02. The molecule has 2 N–H and O–H groups in total. The quantitative estimate of drug-likeness (QED) is 0.688. The van der Waals surface area contributed by atoms with E-state index in [0.29, 0.717) is 11.6 Å². The lowest BCUT2D eigenvalue weighted by molar-refractivity contribution is 0.995. The van der Waals surface area contributed by atoms with Crippen LogP contribution in [0.1, 0.15) is 12.6 Å². The predicted molar refractivity (Wildman–Crippen MR) is 91.5 cm³/mol. The van der Waals surface area contributed by atoms with E-state index in [2.05, 4.69) is 57.7 Å². The van der Waals surface area contributed by atoms with Crippen LogP contribution in [0.5, 0.6) is 0 Å². The first-order valence-corrected chi connectivity index (χ1v) is 7.58. The number of halogens is 1. The van der Waals surface area contributed by atoms with Crippen molar-refractivity contribution in [1.82, 2.24) is 9.97 Å². The molecule has 1 heterocycles. The van der Waals surface area contributed by atoms with E-state index in [1.807, 2.05) is 24.3 Å². The van der Waals surface area contributed by atoms with Crippen LogP contribution in [0.2, 0.25) is 0 Å². The van der Waals surface area contributed by atoms with Gasteiger partial charge in [0.15, 0.2) is 5.82 Å². The van der Waals surface area contributed by atoms with Gasteiger partial charge in [-0.2, -0.15) is 0 Å². The molecule has 20 heavy (non-hydrogen) atoms. The average Bonchev–Trinajstić information content (AvgIpc) is 2.49. The minimum Gasteiger partial charge on any atom is -0.383 e. The summed E-state index contributed by atoms with van der Waals surface area (Å²) < 4.78 is 0.953. The molecule has 2 aromatic carbocycles. The maximum absolute atomic E-state index is 6.02. The van der Waals surface area contributed by atoms with Crippen molar-refractivity contribution in [2.24, 2.45) is 0 Å².